The minimum absolute atomic E-state index is 0.626. The van der Waals surface area contributed by atoms with E-state index >= 15 is 0 Å². The van der Waals surface area contributed by atoms with Crippen molar-refractivity contribution < 1.29 is 4.42 Å². The highest BCUT2D eigenvalue weighted by atomic mass is 16.3. The molecule has 0 fully saturated rings. The van der Waals surface area contributed by atoms with E-state index in [1.807, 2.05) is 42.5 Å². The van der Waals surface area contributed by atoms with E-state index in [-0.39, 0.29) is 0 Å². The number of benzene rings is 8. The van der Waals surface area contributed by atoms with Gasteiger partial charge in [-0.05, 0) is 63.0 Å². The summed E-state index contributed by atoms with van der Waals surface area (Å²) in [6.07, 6.45) is 0. The van der Waals surface area contributed by atoms with E-state index in [9.17, 15) is 0 Å². The molecule has 10 aromatic rings. The number of hydrogen-bond donors (Lipinski definition) is 0. The summed E-state index contributed by atoms with van der Waals surface area (Å²) in [5.41, 5.74) is 11.4. The third kappa shape index (κ3) is 5.63. The monoisotopic (exact) mass is 677 g/mol. The fourth-order valence-corrected chi connectivity index (χ4v) is 7.26. The van der Waals surface area contributed by atoms with Gasteiger partial charge in [0.25, 0.3) is 0 Å². The first-order chi connectivity index (χ1) is 26.2. The SMILES string of the molecule is c1ccc(-c2cccc(-c3nc(-c4ccccc4)nc(-c4ccc(-c5cc6c7ccc(-c8ccccc8)cc7oc6c6ccccc56)cc4)n3)c2)cc1. The smallest absolute Gasteiger partial charge is 0.164 e. The number of aromatic nitrogens is 3. The van der Waals surface area contributed by atoms with Gasteiger partial charge in [-0.1, -0.05) is 164 Å². The molecule has 8 aromatic carbocycles. The van der Waals surface area contributed by atoms with Crippen LogP contribution in [-0.4, -0.2) is 15.0 Å². The molecule has 248 valence electrons. The van der Waals surface area contributed by atoms with Crippen molar-refractivity contribution in [1.29, 1.82) is 0 Å². The molecule has 0 saturated carbocycles. The van der Waals surface area contributed by atoms with Crippen molar-refractivity contribution in [1.82, 2.24) is 15.0 Å². The molecule has 0 atom stereocenters. The fourth-order valence-electron chi connectivity index (χ4n) is 7.26. The van der Waals surface area contributed by atoms with Crippen LogP contribution >= 0.6 is 0 Å². The molecule has 2 heterocycles. The molecule has 0 spiro atoms. The molecular weight excluding hydrogens is 647 g/mol. The molecule has 0 radical (unpaired) electrons. The van der Waals surface area contributed by atoms with Crippen LogP contribution in [-0.2, 0) is 0 Å². The molecule has 0 unspecified atom stereocenters. The Labute approximate surface area is 306 Å². The Morgan fingerprint density at radius 3 is 1.42 bits per heavy atom. The van der Waals surface area contributed by atoms with Crippen molar-refractivity contribution >= 4 is 32.7 Å². The van der Waals surface area contributed by atoms with Gasteiger partial charge in [-0.15, -0.1) is 0 Å². The van der Waals surface area contributed by atoms with Gasteiger partial charge in [0.05, 0.1) is 0 Å². The van der Waals surface area contributed by atoms with E-state index in [1.165, 1.54) is 5.56 Å². The van der Waals surface area contributed by atoms with Crippen LogP contribution < -0.4 is 0 Å². The maximum atomic E-state index is 6.60. The van der Waals surface area contributed by atoms with Crippen LogP contribution in [0.2, 0.25) is 0 Å². The minimum Gasteiger partial charge on any atom is -0.455 e. The van der Waals surface area contributed by atoms with Crippen LogP contribution in [0.25, 0.3) is 100 Å². The molecule has 2 aromatic heterocycles. The third-order valence-electron chi connectivity index (χ3n) is 9.94. The van der Waals surface area contributed by atoms with E-state index in [4.69, 9.17) is 19.4 Å². The summed E-state index contributed by atoms with van der Waals surface area (Å²) in [4.78, 5) is 15.0. The number of nitrogens with zero attached hydrogens (tertiary/aromatic N) is 3. The van der Waals surface area contributed by atoms with E-state index in [0.29, 0.717) is 17.5 Å². The Morgan fingerprint density at radius 2 is 0.755 bits per heavy atom. The molecule has 0 bridgehead atoms. The molecule has 0 amide bonds. The number of hydrogen-bond acceptors (Lipinski definition) is 4. The Hall–Kier alpha value is -7.17. The largest absolute Gasteiger partial charge is 0.455 e. The molecule has 10 rings (SSSR count). The fraction of sp³-hybridized carbons (Fsp3) is 0. The van der Waals surface area contributed by atoms with Crippen molar-refractivity contribution in [3.8, 4) is 67.5 Å². The van der Waals surface area contributed by atoms with Crippen LogP contribution in [0.5, 0.6) is 0 Å². The van der Waals surface area contributed by atoms with Gasteiger partial charge in [-0.2, -0.15) is 0 Å². The average Bonchev–Trinajstić information content (AvgIpc) is 3.62. The Morgan fingerprint density at radius 1 is 0.283 bits per heavy atom. The predicted octanol–water partition coefficient (Wildman–Crippen LogP) is 12.9. The summed E-state index contributed by atoms with van der Waals surface area (Å²) in [7, 11) is 0. The lowest BCUT2D eigenvalue weighted by Crippen LogP contribution is -2.00. The second kappa shape index (κ2) is 12.9. The van der Waals surface area contributed by atoms with Crippen LogP contribution in [0.15, 0.2) is 192 Å². The highest BCUT2D eigenvalue weighted by molar-refractivity contribution is 6.19. The first-order valence-electron chi connectivity index (χ1n) is 17.8. The first-order valence-corrected chi connectivity index (χ1v) is 17.8. The van der Waals surface area contributed by atoms with E-state index in [0.717, 1.165) is 77.2 Å². The zero-order valence-corrected chi connectivity index (χ0v) is 28.6. The van der Waals surface area contributed by atoms with E-state index in [2.05, 4.69) is 146 Å². The zero-order chi connectivity index (χ0) is 35.1. The summed E-state index contributed by atoms with van der Waals surface area (Å²) in [5, 5.41) is 4.44. The second-order valence-corrected chi connectivity index (χ2v) is 13.2. The predicted molar refractivity (Wildman–Crippen MR) is 217 cm³/mol. The molecular formula is C49H31N3O. The minimum atomic E-state index is 0.626. The Bertz CT molecular complexity index is 2920. The van der Waals surface area contributed by atoms with Crippen molar-refractivity contribution in [2.75, 3.05) is 0 Å². The van der Waals surface area contributed by atoms with Crippen LogP contribution in [0.3, 0.4) is 0 Å². The van der Waals surface area contributed by atoms with Crippen LogP contribution in [0.1, 0.15) is 0 Å². The molecule has 4 nitrogen and oxygen atoms in total. The topological polar surface area (TPSA) is 51.8 Å². The van der Waals surface area contributed by atoms with Crippen molar-refractivity contribution in [2.45, 2.75) is 0 Å². The van der Waals surface area contributed by atoms with Crippen LogP contribution in [0, 0.1) is 0 Å². The average molecular weight is 678 g/mol. The molecule has 0 saturated heterocycles. The van der Waals surface area contributed by atoms with Crippen molar-refractivity contribution in [2.24, 2.45) is 0 Å². The normalized spacial score (nSPS) is 11.4. The van der Waals surface area contributed by atoms with Gasteiger partial charge < -0.3 is 4.42 Å². The zero-order valence-electron chi connectivity index (χ0n) is 28.6. The van der Waals surface area contributed by atoms with Gasteiger partial charge >= 0.3 is 0 Å². The maximum absolute atomic E-state index is 6.60. The Kier molecular flexibility index (Phi) is 7.43. The quantitative estimate of drug-likeness (QED) is 0.176. The number of furan rings is 1. The van der Waals surface area contributed by atoms with E-state index in [1.54, 1.807) is 0 Å². The molecule has 0 aliphatic heterocycles. The summed E-state index contributed by atoms with van der Waals surface area (Å²) in [5.74, 6) is 1.90. The van der Waals surface area contributed by atoms with Gasteiger partial charge in [0, 0.05) is 32.8 Å². The van der Waals surface area contributed by atoms with Gasteiger partial charge in [-0.3, -0.25) is 0 Å². The summed E-state index contributed by atoms with van der Waals surface area (Å²) < 4.78 is 6.60. The lowest BCUT2D eigenvalue weighted by molar-refractivity contribution is 0.673. The lowest BCUT2D eigenvalue weighted by Gasteiger charge is -2.11. The number of fused-ring (bicyclic) bond motifs is 5. The summed E-state index contributed by atoms with van der Waals surface area (Å²) in [6.45, 7) is 0. The molecule has 0 aliphatic carbocycles. The third-order valence-corrected chi connectivity index (χ3v) is 9.94. The number of rotatable bonds is 6. The van der Waals surface area contributed by atoms with Gasteiger partial charge in [0.2, 0.25) is 0 Å². The first kappa shape index (κ1) is 30.6. The maximum Gasteiger partial charge on any atom is 0.164 e. The van der Waals surface area contributed by atoms with Crippen molar-refractivity contribution in [3.05, 3.63) is 188 Å². The lowest BCUT2D eigenvalue weighted by atomic mass is 9.94. The highest BCUT2D eigenvalue weighted by Gasteiger charge is 2.17. The highest BCUT2D eigenvalue weighted by Crippen LogP contribution is 2.41. The molecule has 0 N–H and O–H groups in total. The second-order valence-electron chi connectivity index (χ2n) is 13.2. The summed E-state index contributed by atoms with van der Waals surface area (Å²) >= 11 is 0. The Balaban J connectivity index is 1.08. The van der Waals surface area contributed by atoms with Crippen LogP contribution in [0.4, 0.5) is 0 Å². The molecule has 4 heteroatoms. The molecule has 53 heavy (non-hydrogen) atoms. The standard InChI is InChI=1S/C49H31N3O/c1-4-13-32(14-5-1)37-19-12-20-39(29-37)49-51-47(35-17-8-3-9-18-35)50-48(52-49)36-25-23-34(24-26-36)43-31-44-41-28-27-38(33-15-6-2-7-16-33)30-45(41)53-46(44)42-22-11-10-21-40(42)43/h1-31H. The van der Waals surface area contributed by atoms with Crippen molar-refractivity contribution in [3.63, 3.8) is 0 Å². The van der Waals surface area contributed by atoms with Gasteiger partial charge in [0.15, 0.2) is 17.5 Å². The molecule has 0 aliphatic rings. The van der Waals surface area contributed by atoms with Gasteiger partial charge in [-0.25, -0.2) is 15.0 Å². The van der Waals surface area contributed by atoms with Gasteiger partial charge in [0.1, 0.15) is 11.2 Å². The van der Waals surface area contributed by atoms with E-state index < -0.39 is 0 Å². The summed E-state index contributed by atoms with van der Waals surface area (Å²) in [6, 6.07) is 65.1.